The van der Waals surface area contributed by atoms with Crippen molar-refractivity contribution < 1.29 is 24.9 Å². The number of benzene rings is 1. The number of aliphatic hydroxyl groups excluding tert-OH is 2. The Bertz CT molecular complexity index is 1140. The second-order valence-corrected chi connectivity index (χ2v) is 9.35. The van der Waals surface area contributed by atoms with E-state index in [4.69, 9.17) is 27.2 Å². The van der Waals surface area contributed by atoms with Gasteiger partial charge in [0.1, 0.15) is 18.2 Å². The number of hydrogen-bond donors (Lipinski definition) is 5. The molecule has 1 aliphatic rings. The predicted octanol–water partition coefficient (Wildman–Crippen LogP) is 1.25. The van der Waals surface area contributed by atoms with Crippen molar-refractivity contribution in [1.82, 2.24) is 19.5 Å². The minimum atomic E-state index is -1.22. The summed E-state index contributed by atoms with van der Waals surface area (Å²) in [6, 6.07) is 8.82. The van der Waals surface area contributed by atoms with Gasteiger partial charge in [-0.15, -0.1) is 0 Å². The fourth-order valence-corrected chi connectivity index (χ4v) is 4.87. The highest BCUT2D eigenvalue weighted by Crippen LogP contribution is 2.34. The number of aliphatic hydroxyl groups is 2. The van der Waals surface area contributed by atoms with Gasteiger partial charge in [0.15, 0.2) is 23.2 Å². The number of carbonyl (C=O) groups is 1. The first-order chi connectivity index (χ1) is 16.3. The van der Waals surface area contributed by atoms with Crippen LogP contribution in [0.5, 0.6) is 0 Å². The van der Waals surface area contributed by atoms with Gasteiger partial charge < -0.3 is 31.1 Å². The van der Waals surface area contributed by atoms with E-state index in [0.29, 0.717) is 35.0 Å². The second-order valence-electron chi connectivity index (χ2n) is 7.86. The summed E-state index contributed by atoms with van der Waals surface area (Å²) in [7, 11) is 0. The van der Waals surface area contributed by atoms with Crippen LogP contribution in [0.15, 0.2) is 36.7 Å². The van der Waals surface area contributed by atoms with Crippen LogP contribution in [0, 0.1) is 0 Å². The first kappa shape index (κ1) is 24.6. The summed E-state index contributed by atoms with van der Waals surface area (Å²) in [4.78, 5) is 23.7. The molecule has 6 N–H and O–H groups in total. The Labute approximate surface area is 204 Å². The summed E-state index contributed by atoms with van der Waals surface area (Å²) in [6.45, 7) is 0.502. The zero-order chi connectivity index (χ0) is 24.2. The average molecular weight is 509 g/mol. The van der Waals surface area contributed by atoms with Gasteiger partial charge in [0, 0.05) is 12.3 Å². The standard InChI is InChI=1S/C21H25ClN6O5S/c22-21-26-17(24-8-11-4-2-1-3-5-11)14-18(27-21)28(10-25-14)19-16(30)15(29)13(33-19)9-34-7-6-12(23)20(31)32/h1-5,10,12-13,15-16,19,29-30H,6-9,23H2,(H,31,32)(H,24,26,27)/t12?,13-,15-,16-,19-/m1/s1. The molecule has 0 amide bonds. The van der Waals surface area contributed by atoms with Crippen molar-refractivity contribution in [3.63, 3.8) is 0 Å². The zero-order valence-electron chi connectivity index (χ0n) is 18.0. The number of hydrogen-bond acceptors (Lipinski definition) is 10. The van der Waals surface area contributed by atoms with Gasteiger partial charge in [-0.3, -0.25) is 9.36 Å². The van der Waals surface area contributed by atoms with E-state index >= 15 is 0 Å². The van der Waals surface area contributed by atoms with Crippen LogP contribution in [0.1, 0.15) is 18.2 Å². The maximum Gasteiger partial charge on any atom is 0.320 e. The summed E-state index contributed by atoms with van der Waals surface area (Å²) in [5.41, 5.74) is 7.36. The molecule has 4 rings (SSSR count). The molecule has 1 saturated heterocycles. The van der Waals surface area contributed by atoms with E-state index in [1.807, 2.05) is 30.3 Å². The van der Waals surface area contributed by atoms with E-state index in [1.165, 1.54) is 22.7 Å². The van der Waals surface area contributed by atoms with E-state index in [1.54, 1.807) is 0 Å². The minimum absolute atomic E-state index is 0.000258. The molecule has 13 heteroatoms. The largest absolute Gasteiger partial charge is 0.480 e. The minimum Gasteiger partial charge on any atom is -0.480 e. The molecular formula is C21H25ClN6O5S. The normalized spacial score (nSPS) is 23.3. The van der Waals surface area contributed by atoms with Crippen molar-refractivity contribution in [2.75, 3.05) is 16.8 Å². The van der Waals surface area contributed by atoms with Gasteiger partial charge in [-0.05, 0) is 29.3 Å². The molecule has 3 aromatic rings. The van der Waals surface area contributed by atoms with Crippen molar-refractivity contribution in [3.05, 3.63) is 47.5 Å². The molecule has 0 spiro atoms. The molecule has 0 saturated carbocycles. The molecule has 1 aliphatic heterocycles. The maximum atomic E-state index is 10.8. The number of anilines is 1. The summed E-state index contributed by atoms with van der Waals surface area (Å²) in [6.07, 6.45) is -2.22. The lowest BCUT2D eigenvalue weighted by Crippen LogP contribution is -2.33. The van der Waals surface area contributed by atoms with Crippen LogP contribution < -0.4 is 11.1 Å². The molecule has 0 aliphatic carbocycles. The van der Waals surface area contributed by atoms with Crippen molar-refractivity contribution in [1.29, 1.82) is 0 Å². The number of ether oxygens (including phenoxy) is 1. The van der Waals surface area contributed by atoms with Crippen molar-refractivity contribution in [2.45, 2.75) is 43.5 Å². The van der Waals surface area contributed by atoms with Gasteiger partial charge in [0.05, 0.1) is 12.4 Å². The Balaban J connectivity index is 1.46. The van der Waals surface area contributed by atoms with Crippen LogP contribution in [0.2, 0.25) is 5.28 Å². The van der Waals surface area contributed by atoms with Crippen molar-refractivity contribution in [3.8, 4) is 0 Å². The number of aliphatic carboxylic acids is 1. The molecule has 182 valence electrons. The first-order valence-corrected chi connectivity index (χ1v) is 12.1. The molecule has 1 unspecified atom stereocenters. The van der Waals surface area contributed by atoms with Gasteiger partial charge in [0.2, 0.25) is 5.28 Å². The number of nitrogens with zero attached hydrogens (tertiary/aromatic N) is 4. The molecule has 3 heterocycles. The number of rotatable bonds is 10. The molecule has 2 aromatic heterocycles. The molecular weight excluding hydrogens is 484 g/mol. The van der Waals surface area contributed by atoms with Gasteiger partial charge >= 0.3 is 5.97 Å². The Morgan fingerprint density at radius 1 is 1.26 bits per heavy atom. The van der Waals surface area contributed by atoms with Crippen LogP contribution in [-0.4, -0.2) is 76.7 Å². The lowest BCUT2D eigenvalue weighted by Gasteiger charge is -2.17. The summed E-state index contributed by atoms with van der Waals surface area (Å²) < 4.78 is 7.46. The van der Waals surface area contributed by atoms with E-state index in [-0.39, 0.29) is 11.7 Å². The molecule has 5 atom stereocenters. The number of thioether (sulfide) groups is 1. The Kier molecular flexibility index (Phi) is 7.86. The topological polar surface area (TPSA) is 169 Å². The van der Waals surface area contributed by atoms with E-state index < -0.39 is 36.6 Å². The predicted molar refractivity (Wildman–Crippen MR) is 128 cm³/mol. The van der Waals surface area contributed by atoms with Crippen LogP contribution in [0.3, 0.4) is 0 Å². The Morgan fingerprint density at radius 3 is 2.76 bits per heavy atom. The van der Waals surface area contributed by atoms with Crippen LogP contribution >= 0.6 is 23.4 Å². The fourth-order valence-electron chi connectivity index (χ4n) is 3.61. The fraction of sp³-hybridized carbons (Fsp3) is 0.429. The summed E-state index contributed by atoms with van der Waals surface area (Å²) in [5, 5.41) is 33.2. The zero-order valence-corrected chi connectivity index (χ0v) is 19.6. The van der Waals surface area contributed by atoms with Crippen LogP contribution in [0.4, 0.5) is 5.82 Å². The number of fused-ring (bicyclic) bond motifs is 1. The number of carboxylic acids is 1. The third-order valence-corrected chi connectivity index (χ3v) is 6.74. The van der Waals surface area contributed by atoms with Gasteiger partial charge in [-0.2, -0.15) is 21.7 Å². The van der Waals surface area contributed by atoms with Gasteiger partial charge in [-0.1, -0.05) is 30.3 Å². The average Bonchev–Trinajstić information content (AvgIpc) is 3.36. The number of aromatic nitrogens is 4. The molecule has 11 nitrogen and oxygen atoms in total. The molecule has 0 radical (unpaired) electrons. The number of halogens is 1. The van der Waals surface area contributed by atoms with Gasteiger partial charge in [-0.25, -0.2) is 4.98 Å². The number of carboxylic acid groups (broad SMARTS) is 1. The Hall–Kier alpha value is -2.48. The number of imidazole rings is 1. The number of nitrogens with one attached hydrogen (secondary N) is 1. The highest BCUT2D eigenvalue weighted by molar-refractivity contribution is 7.99. The molecule has 1 fully saturated rings. The smallest absolute Gasteiger partial charge is 0.320 e. The van der Waals surface area contributed by atoms with Crippen molar-refractivity contribution >= 4 is 46.3 Å². The van der Waals surface area contributed by atoms with E-state index in [2.05, 4.69) is 20.3 Å². The highest BCUT2D eigenvalue weighted by Gasteiger charge is 2.44. The van der Waals surface area contributed by atoms with Gasteiger partial charge in [0.25, 0.3) is 0 Å². The quantitative estimate of drug-likeness (QED) is 0.197. The van der Waals surface area contributed by atoms with Crippen molar-refractivity contribution in [2.24, 2.45) is 5.73 Å². The monoisotopic (exact) mass is 508 g/mol. The summed E-state index contributed by atoms with van der Waals surface area (Å²) >= 11 is 7.55. The lowest BCUT2D eigenvalue weighted by molar-refractivity contribution is -0.138. The van der Waals surface area contributed by atoms with Crippen LogP contribution in [0.25, 0.3) is 11.2 Å². The Morgan fingerprint density at radius 2 is 2.03 bits per heavy atom. The third-order valence-electron chi connectivity index (χ3n) is 5.48. The molecule has 34 heavy (non-hydrogen) atoms. The lowest BCUT2D eigenvalue weighted by atomic mass is 10.1. The SMILES string of the molecule is NC(CCSC[C@H]1O[C@@H](n2cnc3c(NCc4ccccc4)nc(Cl)nc32)[C@H](O)[C@@H]1O)C(=O)O. The van der Waals surface area contributed by atoms with E-state index in [9.17, 15) is 15.0 Å². The molecule has 0 bridgehead atoms. The first-order valence-electron chi connectivity index (χ1n) is 10.6. The van der Waals surface area contributed by atoms with Crippen LogP contribution in [-0.2, 0) is 16.1 Å². The third kappa shape index (κ3) is 5.43. The number of nitrogens with two attached hydrogens (primary N) is 1. The highest BCUT2D eigenvalue weighted by atomic mass is 35.5. The molecule has 1 aromatic carbocycles. The maximum absolute atomic E-state index is 10.8. The summed E-state index contributed by atoms with van der Waals surface area (Å²) in [5.74, 6) is 0.215. The van der Waals surface area contributed by atoms with E-state index in [0.717, 1.165) is 5.56 Å². The second kappa shape index (κ2) is 10.8.